The average molecular weight is 216 g/mol. The molecule has 0 saturated heterocycles. The van der Waals surface area contributed by atoms with Gasteiger partial charge in [-0.1, -0.05) is 0 Å². The predicted molar refractivity (Wildman–Crippen MR) is 56.5 cm³/mol. The molecule has 0 unspecified atom stereocenters. The lowest BCUT2D eigenvalue weighted by atomic mass is 10.4. The average Bonchev–Trinajstić information content (AvgIpc) is 2.97. The minimum Gasteiger partial charge on any atom is -0.355 e. The first-order valence-electron chi connectivity index (χ1n) is 5.19. The Kier molecular flexibility index (Phi) is 5.01. The third-order valence-electron chi connectivity index (χ3n) is 2.34. The molecule has 0 aromatic carbocycles. The molecule has 5 heteroatoms. The zero-order valence-electron chi connectivity index (χ0n) is 9.66. The van der Waals surface area contributed by atoms with E-state index in [9.17, 15) is 4.79 Å². The van der Waals surface area contributed by atoms with Crippen molar-refractivity contribution in [2.45, 2.75) is 25.2 Å². The fourth-order valence-corrected chi connectivity index (χ4v) is 1.31. The second kappa shape index (κ2) is 6.05. The molecule has 1 rings (SSSR count). The lowest BCUT2D eigenvalue weighted by Gasteiger charge is -2.21. The van der Waals surface area contributed by atoms with Gasteiger partial charge in [-0.15, -0.1) is 0 Å². The highest BCUT2D eigenvalue weighted by atomic mass is 16.7. The third-order valence-corrected chi connectivity index (χ3v) is 2.34. The van der Waals surface area contributed by atoms with Crippen LogP contribution in [0.1, 0.15) is 12.8 Å². The molecule has 0 aliphatic heterocycles. The quantitative estimate of drug-likeness (QED) is 0.600. The molecule has 0 atom stereocenters. The number of hydrogen-bond donors (Lipinski definition) is 1. The Balaban J connectivity index is 2.15. The van der Waals surface area contributed by atoms with Crippen LogP contribution >= 0.6 is 0 Å². The van der Waals surface area contributed by atoms with Crippen LogP contribution < -0.4 is 5.32 Å². The molecule has 1 fully saturated rings. The first-order chi connectivity index (χ1) is 7.15. The van der Waals surface area contributed by atoms with Crippen molar-refractivity contribution in [1.29, 1.82) is 0 Å². The molecule has 0 bridgehead atoms. The number of nitrogens with one attached hydrogen (secondary N) is 1. The van der Waals surface area contributed by atoms with Gasteiger partial charge in [0.25, 0.3) is 0 Å². The zero-order valence-corrected chi connectivity index (χ0v) is 9.66. The van der Waals surface area contributed by atoms with E-state index in [0.29, 0.717) is 19.1 Å². The zero-order chi connectivity index (χ0) is 11.3. The van der Waals surface area contributed by atoms with E-state index >= 15 is 0 Å². The summed E-state index contributed by atoms with van der Waals surface area (Å²) in [6.45, 7) is 0.977. The largest absolute Gasteiger partial charge is 0.355 e. The first kappa shape index (κ1) is 12.4. The van der Waals surface area contributed by atoms with E-state index in [2.05, 4.69) is 5.32 Å². The number of nitrogens with zero attached hydrogens (tertiary/aromatic N) is 1. The number of carbonyl (C=O) groups is 1. The van der Waals surface area contributed by atoms with Crippen LogP contribution in [0, 0.1) is 0 Å². The molecular formula is C10H20N2O3. The van der Waals surface area contributed by atoms with Crippen LogP contribution in [-0.2, 0) is 14.3 Å². The number of amides is 1. The lowest BCUT2D eigenvalue weighted by molar-refractivity contribution is -0.128. The molecule has 0 heterocycles. The molecule has 0 radical (unpaired) electrons. The highest BCUT2D eigenvalue weighted by Crippen LogP contribution is 2.18. The van der Waals surface area contributed by atoms with Crippen molar-refractivity contribution in [3.05, 3.63) is 0 Å². The highest BCUT2D eigenvalue weighted by Gasteiger charge is 2.23. The minimum absolute atomic E-state index is 0.0750. The smallest absolute Gasteiger partial charge is 0.234 e. The minimum atomic E-state index is -0.274. The van der Waals surface area contributed by atoms with Gasteiger partial charge in [-0.3, -0.25) is 9.69 Å². The summed E-state index contributed by atoms with van der Waals surface area (Å²) in [6.07, 6.45) is 1.96. The SMILES string of the molecule is COC(CN(C)CC(=O)NC1CC1)OC. The normalized spacial score (nSPS) is 16.1. The van der Waals surface area contributed by atoms with Gasteiger partial charge in [-0.2, -0.15) is 0 Å². The molecular weight excluding hydrogens is 196 g/mol. The van der Waals surface area contributed by atoms with E-state index in [0.717, 1.165) is 12.8 Å². The van der Waals surface area contributed by atoms with Crippen LogP contribution in [0.4, 0.5) is 0 Å². The van der Waals surface area contributed by atoms with Crippen LogP contribution in [0.5, 0.6) is 0 Å². The molecule has 15 heavy (non-hydrogen) atoms. The summed E-state index contributed by atoms with van der Waals surface area (Å²) in [5.74, 6) is 0.0750. The highest BCUT2D eigenvalue weighted by molar-refractivity contribution is 5.78. The Morgan fingerprint density at radius 2 is 2.07 bits per heavy atom. The Bertz CT molecular complexity index is 203. The van der Waals surface area contributed by atoms with Crippen molar-refractivity contribution < 1.29 is 14.3 Å². The van der Waals surface area contributed by atoms with E-state index in [-0.39, 0.29) is 12.2 Å². The predicted octanol–water partition coefficient (Wildman–Crippen LogP) is -0.184. The fraction of sp³-hybridized carbons (Fsp3) is 0.900. The molecule has 0 aromatic rings. The molecule has 1 amide bonds. The van der Waals surface area contributed by atoms with Gasteiger partial charge >= 0.3 is 0 Å². The van der Waals surface area contributed by atoms with Gasteiger partial charge in [0.2, 0.25) is 5.91 Å². The van der Waals surface area contributed by atoms with E-state index in [4.69, 9.17) is 9.47 Å². The fourth-order valence-electron chi connectivity index (χ4n) is 1.31. The van der Waals surface area contributed by atoms with E-state index in [1.165, 1.54) is 0 Å². The summed E-state index contributed by atoms with van der Waals surface area (Å²) >= 11 is 0. The number of ether oxygens (including phenoxy) is 2. The number of methoxy groups -OCH3 is 2. The molecule has 1 aliphatic carbocycles. The summed E-state index contributed by atoms with van der Waals surface area (Å²) in [4.78, 5) is 13.3. The van der Waals surface area contributed by atoms with Gasteiger partial charge in [0.15, 0.2) is 6.29 Å². The second-order valence-electron chi connectivity index (χ2n) is 3.94. The van der Waals surface area contributed by atoms with Crippen LogP contribution in [-0.4, -0.2) is 57.5 Å². The van der Waals surface area contributed by atoms with Crippen LogP contribution in [0.2, 0.25) is 0 Å². The Morgan fingerprint density at radius 3 is 2.53 bits per heavy atom. The Morgan fingerprint density at radius 1 is 1.47 bits per heavy atom. The van der Waals surface area contributed by atoms with E-state index in [1.54, 1.807) is 14.2 Å². The molecule has 1 saturated carbocycles. The summed E-state index contributed by atoms with van der Waals surface area (Å²) in [5.41, 5.74) is 0. The van der Waals surface area contributed by atoms with Crippen LogP contribution in [0.3, 0.4) is 0 Å². The maximum absolute atomic E-state index is 11.4. The van der Waals surface area contributed by atoms with Gasteiger partial charge in [0.05, 0.1) is 6.54 Å². The lowest BCUT2D eigenvalue weighted by Crippen LogP contribution is -2.40. The van der Waals surface area contributed by atoms with E-state index in [1.807, 2.05) is 11.9 Å². The molecule has 0 aromatic heterocycles. The standard InChI is InChI=1S/C10H20N2O3/c1-12(7-10(14-2)15-3)6-9(13)11-8-4-5-8/h8,10H,4-7H2,1-3H3,(H,11,13). The maximum atomic E-state index is 11.4. The van der Waals surface area contributed by atoms with Crippen molar-refractivity contribution in [1.82, 2.24) is 10.2 Å². The number of hydrogen-bond acceptors (Lipinski definition) is 4. The van der Waals surface area contributed by atoms with Crippen molar-refractivity contribution in [3.63, 3.8) is 0 Å². The number of carbonyl (C=O) groups excluding carboxylic acids is 1. The van der Waals surface area contributed by atoms with Gasteiger partial charge < -0.3 is 14.8 Å². The van der Waals surface area contributed by atoms with Crippen LogP contribution in [0.25, 0.3) is 0 Å². The van der Waals surface area contributed by atoms with Gasteiger partial charge in [0, 0.05) is 26.8 Å². The van der Waals surface area contributed by atoms with Crippen molar-refractivity contribution in [2.75, 3.05) is 34.4 Å². The van der Waals surface area contributed by atoms with Crippen LogP contribution in [0.15, 0.2) is 0 Å². The van der Waals surface area contributed by atoms with Crippen molar-refractivity contribution in [2.24, 2.45) is 0 Å². The monoisotopic (exact) mass is 216 g/mol. The number of rotatable bonds is 7. The topological polar surface area (TPSA) is 50.8 Å². The molecule has 1 aliphatic rings. The van der Waals surface area contributed by atoms with E-state index < -0.39 is 0 Å². The summed E-state index contributed by atoms with van der Waals surface area (Å²) in [7, 11) is 5.05. The molecule has 88 valence electrons. The first-order valence-corrected chi connectivity index (χ1v) is 5.19. The Labute approximate surface area is 90.7 Å². The van der Waals surface area contributed by atoms with Gasteiger partial charge in [0.1, 0.15) is 0 Å². The Hall–Kier alpha value is -0.650. The molecule has 1 N–H and O–H groups in total. The van der Waals surface area contributed by atoms with Crippen molar-refractivity contribution in [3.8, 4) is 0 Å². The summed E-state index contributed by atoms with van der Waals surface area (Å²) in [5, 5.41) is 2.93. The van der Waals surface area contributed by atoms with Gasteiger partial charge in [-0.05, 0) is 19.9 Å². The van der Waals surface area contributed by atoms with Gasteiger partial charge in [-0.25, -0.2) is 0 Å². The number of likely N-dealkylation sites (N-methyl/N-ethyl adjacent to an activating group) is 1. The third kappa shape index (κ3) is 5.11. The molecule has 0 spiro atoms. The molecule has 5 nitrogen and oxygen atoms in total. The summed E-state index contributed by atoms with van der Waals surface area (Å²) < 4.78 is 10.1. The second-order valence-corrected chi connectivity index (χ2v) is 3.94. The summed E-state index contributed by atoms with van der Waals surface area (Å²) in [6, 6.07) is 0.423. The maximum Gasteiger partial charge on any atom is 0.234 e. The van der Waals surface area contributed by atoms with Crippen molar-refractivity contribution >= 4 is 5.91 Å².